The molecule has 38 heavy (non-hydrogen) atoms. The smallest absolute Gasteiger partial charge is 0.394 e. The fourth-order valence-electron chi connectivity index (χ4n) is 4.59. The molecule has 0 aliphatic heterocycles. The minimum absolute atomic E-state index is 0.969. The van der Waals surface area contributed by atoms with Crippen molar-refractivity contribution in [2.45, 2.75) is 129 Å². The first kappa shape index (κ1) is 34.1. The van der Waals surface area contributed by atoms with Gasteiger partial charge in [-0.2, -0.15) is 8.42 Å². The van der Waals surface area contributed by atoms with Gasteiger partial charge in [0, 0.05) is 0 Å². The molecule has 0 bridgehead atoms. The lowest BCUT2D eigenvalue weighted by molar-refractivity contribution is 0.381. The lowest BCUT2D eigenvalue weighted by Gasteiger charge is -2.10. The molecule has 5 nitrogen and oxygen atoms in total. The summed E-state index contributed by atoms with van der Waals surface area (Å²) in [6.45, 7) is 4.57. The second-order valence-electron chi connectivity index (χ2n) is 10.3. The minimum Gasteiger partial charge on any atom is -0.457 e. The first-order valence-electron chi connectivity index (χ1n) is 14.9. The summed E-state index contributed by atoms with van der Waals surface area (Å²) in [6.07, 6.45) is 24.3. The van der Waals surface area contributed by atoms with Crippen molar-refractivity contribution in [3.63, 3.8) is 0 Å². The van der Waals surface area contributed by atoms with Crippen molar-refractivity contribution in [3.05, 3.63) is 59.7 Å². The average molecular weight is 549 g/mol. The largest absolute Gasteiger partial charge is 0.457 e. The van der Waals surface area contributed by atoms with Crippen LogP contribution in [0.25, 0.3) is 0 Å². The van der Waals surface area contributed by atoms with Gasteiger partial charge in [-0.3, -0.25) is 9.11 Å². The van der Waals surface area contributed by atoms with Gasteiger partial charge in [-0.15, -0.1) is 0 Å². The fraction of sp³-hybridized carbons (Fsp3) is 0.625. The summed E-state index contributed by atoms with van der Waals surface area (Å²) in [5.74, 6) is 1.94. The van der Waals surface area contributed by atoms with Crippen molar-refractivity contribution in [2.24, 2.45) is 0 Å². The van der Waals surface area contributed by atoms with Gasteiger partial charge in [-0.1, -0.05) is 128 Å². The Hall–Kier alpha value is -1.89. The average Bonchev–Trinajstić information content (AvgIpc) is 2.87. The van der Waals surface area contributed by atoms with E-state index < -0.39 is 10.4 Å². The van der Waals surface area contributed by atoms with Crippen LogP contribution < -0.4 is 4.74 Å². The fourth-order valence-corrected chi connectivity index (χ4v) is 4.59. The molecule has 2 aromatic rings. The molecule has 0 radical (unpaired) electrons. The summed E-state index contributed by atoms with van der Waals surface area (Å²) >= 11 is 0. The van der Waals surface area contributed by atoms with E-state index >= 15 is 0 Å². The van der Waals surface area contributed by atoms with Crippen LogP contribution in [0.2, 0.25) is 0 Å². The highest BCUT2D eigenvalue weighted by molar-refractivity contribution is 7.79. The highest BCUT2D eigenvalue weighted by Crippen LogP contribution is 2.25. The normalized spacial score (nSPS) is 11.2. The van der Waals surface area contributed by atoms with E-state index in [0.29, 0.717) is 0 Å². The molecule has 2 rings (SSSR count). The Morgan fingerprint density at radius 3 is 1.21 bits per heavy atom. The van der Waals surface area contributed by atoms with Crippen LogP contribution in [0.15, 0.2) is 48.5 Å². The van der Waals surface area contributed by atoms with Crippen molar-refractivity contribution in [1.29, 1.82) is 0 Å². The number of ether oxygens (including phenoxy) is 1. The Balaban J connectivity index is 0.00000132. The molecule has 0 saturated heterocycles. The predicted octanol–water partition coefficient (Wildman–Crippen LogP) is 10.2. The van der Waals surface area contributed by atoms with E-state index in [1.165, 1.54) is 114 Å². The molecule has 0 aliphatic carbocycles. The molecule has 0 fully saturated rings. The predicted molar refractivity (Wildman–Crippen MR) is 160 cm³/mol. The number of unbranched alkanes of at least 4 members (excludes halogenated alkanes) is 14. The topological polar surface area (TPSA) is 83.8 Å². The SMILES string of the molecule is CCCCCCCCCCc1cccc(Oc2cccc(CCCCCCCCCC)c2)c1.O=S(=O)(O)O. The molecule has 0 amide bonds. The molecule has 216 valence electrons. The number of aryl methyl sites for hydroxylation is 2. The van der Waals surface area contributed by atoms with Gasteiger partial charge in [-0.05, 0) is 61.1 Å². The molecule has 0 saturated carbocycles. The Morgan fingerprint density at radius 1 is 0.553 bits per heavy atom. The summed E-state index contributed by atoms with van der Waals surface area (Å²) in [5, 5.41) is 0. The standard InChI is InChI=1S/C32H50O.H2O4S/c1-3-5-7-9-11-13-15-17-21-29-23-19-25-31(27-29)33-32-26-20-24-30(28-32)22-18-16-14-12-10-8-6-4-2;1-5(2,3)4/h19-20,23-28H,3-18,21-22H2,1-2H3;(H2,1,2,3,4). The maximum Gasteiger partial charge on any atom is 0.394 e. The summed E-state index contributed by atoms with van der Waals surface area (Å²) in [5.41, 5.74) is 2.79. The second-order valence-corrected chi connectivity index (χ2v) is 11.2. The molecule has 0 heterocycles. The van der Waals surface area contributed by atoms with Crippen molar-refractivity contribution >= 4 is 10.4 Å². The molecule has 0 aliphatic rings. The molecule has 0 spiro atoms. The van der Waals surface area contributed by atoms with Crippen molar-refractivity contribution in [3.8, 4) is 11.5 Å². The van der Waals surface area contributed by atoms with Crippen molar-refractivity contribution < 1.29 is 22.3 Å². The number of benzene rings is 2. The van der Waals surface area contributed by atoms with E-state index in [-0.39, 0.29) is 0 Å². The highest BCUT2D eigenvalue weighted by atomic mass is 32.3. The molecule has 0 aromatic heterocycles. The number of hydrogen-bond acceptors (Lipinski definition) is 3. The third kappa shape index (κ3) is 21.1. The zero-order valence-corrected chi connectivity index (χ0v) is 24.7. The number of hydrogen-bond donors (Lipinski definition) is 2. The van der Waals surface area contributed by atoms with Crippen LogP contribution in [0.1, 0.15) is 128 Å². The van der Waals surface area contributed by atoms with Crippen LogP contribution in [-0.4, -0.2) is 17.5 Å². The monoisotopic (exact) mass is 548 g/mol. The lowest BCUT2D eigenvalue weighted by Crippen LogP contribution is -1.91. The quantitative estimate of drug-likeness (QED) is 0.127. The van der Waals surface area contributed by atoms with E-state index in [1.54, 1.807) is 0 Å². The molecule has 0 atom stereocenters. The van der Waals surface area contributed by atoms with Crippen molar-refractivity contribution in [2.75, 3.05) is 0 Å². The molecular weight excluding hydrogens is 496 g/mol. The third-order valence-electron chi connectivity index (χ3n) is 6.67. The van der Waals surface area contributed by atoms with Crippen LogP contribution in [0.4, 0.5) is 0 Å². The molecular formula is C32H52O5S. The van der Waals surface area contributed by atoms with E-state index in [0.717, 1.165) is 24.3 Å². The van der Waals surface area contributed by atoms with Gasteiger partial charge < -0.3 is 4.74 Å². The second kappa shape index (κ2) is 22.0. The zero-order chi connectivity index (χ0) is 27.9. The van der Waals surface area contributed by atoms with Gasteiger partial charge >= 0.3 is 10.4 Å². The van der Waals surface area contributed by atoms with Gasteiger partial charge in [-0.25, -0.2) is 0 Å². The van der Waals surface area contributed by atoms with E-state index in [9.17, 15) is 0 Å². The first-order chi connectivity index (χ1) is 18.3. The van der Waals surface area contributed by atoms with Crippen molar-refractivity contribution in [1.82, 2.24) is 0 Å². The maximum atomic E-state index is 8.74. The van der Waals surface area contributed by atoms with Gasteiger partial charge in [0.15, 0.2) is 0 Å². The maximum absolute atomic E-state index is 8.74. The Kier molecular flexibility index (Phi) is 19.7. The summed E-state index contributed by atoms with van der Waals surface area (Å²) in [6, 6.07) is 17.4. The van der Waals surface area contributed by atoms with Crippen LogP contribution >= 0.6 is 0 Å². The molecule has 0 unspecified atom stereocenters. The third-order valence-corrected chi connectivity index (χ3v) is 6.67. The Labute approximate surface area is 233 Å². The van der Waals surface area contributed by atoms with Crippen LogP contribution in [0, 0.1) is 0 Å². The summed E-state index contributed by atoms with van der Waals surface area (Å²) in [4.78, 5) is 0. The highest BCUT2D eigenvalue weighted by Gasteiger charge is 2.02. The lowest BCUT2D eigenvalue weighted by atomic mass is 10.0. The van der Waals surface area contributed by atoms with E-state index in [2.05, 4.69) is 62.4 Å². The van der Waals surface area contributed by atoms with Gasteiger partial charge in [0.1, 0.15) is 11.5 Å². The zero-order valence-electron chi connectivity index (χ0n) is 23.9. The van der Waals surface area contributed by atoms with Crippen LogP contribution in [-0.2, 0) is 23.2 Å². The van der Waals surface area contributed by atoms with E-state index in [1.807, 2.05) is 0 Å². The molecule has 2 aromatic carbocycles. The molecule has 6 heteroatoms. The van der Waals surface area contributed by atoms with Crippen LogP contribution in [0.5, 0.6) is 11.5 Å². The van der Waals surface area contributed by atoms with Crippen LogP contribution in [0.3, 0.4) is 0 Å². The summed E-state index contributed by atoms with van der Waals surface area (Å²) < 4.78 is 37.8. The minimum atomic E-state index is -4.67. The Bertz CT molecular complexity index is 873. The number of rotatable bonds is 20. The van der Waals surface area contributed by atoms with E-state index in [4.69, 9.17) is 22.3 Å². The molecule has 2 N–H and O–H groups in total. The Morgan fingerprint density at radius 2 is 0.868 bits per heavy atom. The summed E-state index contributed by atoms with van der Waals surface area (Å²) in [7, 11) is -4.67. The van der Waals surface area contributed by atoms with Gasteiger partial charge in [0.25, 0.3) is 0 Å². The van der Waals surface area contributed by atoms with Gasteiger partial charge in [0.05, 0.1) is 0 Å². The van der Waals surface area contributed by atoms with Gasteiger partial charge in [0.2, 0.25) is 0 Å². The first-order valence-corrected chi connectivity index (χ1v) is 16.3.